The summed E-state index contributed by atoms with van der Waals surface area (Å²) in [6.07, 6.45) is 1.93. The Hall–Kier alpha value is -2.52. The van der Waals surface area contributed by atoms with Crippen LogP contribution in [0.15, 0.2) is 36.4 Å². The van der Waals surface area contributed by atoms with Crippen LogP contribution >= 0.6 is 11.6 Å². The van der Waals surface area contributed by atoms with E-state index in [4.69, 9.17) is 26.1 Å². The fraction of sp³-hybridized carbons (Fsp3) is 0.346. The number of halogens is 1. The summed E-state index contributed by atoms with van der Waals surface area (Å²) in [5.74, 6) is 1.59. The van der Waals surface area contributed by atoms with E-state index < -0.39 is 0 Å². The van der Waals surface area contributed by atoms with Crippen LogP contribution in [0, 0.1) is 20.8 Å². The Morgan fingerprint density at radius 1 is 0.933 bits per heavy atom. The molecule has 0 atom stereocenters. The summed E-state index contributed by atoms with van der Waals surface area (Å²) in [5.41, 5.74) is 8.68. The van der Waals surface area contributed by atoms with Gasteiger partial charge < -0.3 is 9.47 Å². The van der Waals surface area contributed by atoms with Gasteiger partial charge in [-0.1, -0.05) is 43.6 Å². The monoisotopic (exact) mass is 423 g/mol. The first-order valence-corrected chi connectivity index (χ1v) is 10.8. The highest BCUT2D eigenvalue weighted by Gasteiger charge is 2.16. The third-order valence-corrected chi connectivity index (χ3v) is 6.15. The SMILES string of the molecule is CCc1cccc(CC)c1-c1cc(OC)c(COc2cc(C)c(Cl)c(C)c2)c(C)n1. The maximum absolute atomic E-state index is 6.28. The van der Waals surface area contributed by atoms with Crippen LogP contribution in [0.2, 0.25) is 5.02 Å². The summed E-state index contributed by atoms with van der Waals surface area (Å²) >= 11 is 6.28. The third kappa shape index (κ3) is 4.46. The van der Waals surface area contributed by atoms with Crippen LogP contribution in [0.1, 0.15) is 47.4 Å². The Bertz CT molecular complexity index is 1010. The van der Waals surface area contributed by atoms with E-state index in [9.17, 15) is 0 Å². The zero-order valence-electron chi connectivity index (χ0n) is 18.7. The molecule has 158 valence electrons. The number of benzene rings is 2. The smallest absolute Gasteiger partial charge is 0.129 e. The van der Waals surface area contributed by atoms with Crippen molar-refractivity contribution >= 4 is 11.6 Å². The van der Waals surface area contributed by atoms with E-state index in [1.807, 2.05) is 39.0 Å². The molecular weight excluding hydrogens is 394 g/mol. The Morgan fingerprint density at radius 3 is 2.07 bits per heavy atom. The van der Waals surface area contributed by atoms with Crippen LogP contribution in [0.25, 0.3) is 11.3 Å². The zero-order valence-corrected chi connectivity index (χ0v) is 19.5. The van der Waals surface area contributed by atoms with Crippen LogP contribution in [0.3, 0.4) is 0 Å². The molecule has 0 N–H and O–H groups in total. The highest BCUT2D eigenvalue weighted by molar-refractivity contribution is 6.32. The summed E-state index contributed by atoms with van der Waals surface area (Å²) in [5, 5.41) is 0.781. The number of methoxy groups -OCH3 is 1. The second-order valence-electron chi connectivity index (χ2n) is 7.59. The predicted molar refractivity (Wildman–Crippen MR) is 125 cm³/mol. The first-order valence-electron chi connectivity index (χ1n) is 10.4. The fourth-order valence-electron chi connectivity index (χ4n) is 3.87. The number of hydrogen-bond donors (Lipinski definition) is 0. The summed E-state index contributed by atoms with van der Waals surface area (Å²) in [6, 6.07) is 12.5. The van der Waals surface area contributed by atoms with Gasteiger partial charge in [-0.3, -0.25) is 4.98 Å². The Kier molecular flexibility index (Phi) is 7.04. The molecule has 0 saturated carbocycles. The molecule has 0 aliphatic heterocycles. The lowest BCUT2D eigenvalue weighted by molar-refractivity contribution is 0.294. The van der Waals surface area contributed by atoms with Crippen molar-refractivity contribution in [3.05, 3.63) is 74.9 Å². The quantitative estimate of drug-likeness (QED) is 0.408. The lowest BCUT2D eigenvalue weighted by Crippen LogP contribution is -2.06. The first-order chi connectivity index (χ1) is 14.4. The van der Waals surface area contributed by atoms with Gasteiger partial charge in [-0.25, -0.2) is 0 Å². The van der Waals surface area contributed by atoms with Gasteiger partial charge in [0.15, 0.2) is 0 Å². The molecule has 0 fully saturated rings. The van der Waals surface area contributed by atoms with E-state index in [2.05, 4.69) is 32.0 Å². The number of pyridine rings is 1. The minimum atomic E-state index is 0.388. The van der Waals surface area contributed by atoms with Crippen molar-refractivity contribution in [1.82, 2.24) is 4.98 Å². The molecule has 3 nitrogen and oxygen atoms in total. The first kappa shape index (κ1) is 22.2. The molecule has 30 heavy (non-hydrogen) atoms. The van der Waals surface area contributed by atoms with Crippen molar-refractivity contribution in [2.45, 2.75) is 54.1 Å². The minimum Gasteiger partial charge on any atom is -0.496 e. The molecule has 0 unspecified atom stereocenters. The van der Waals surface area contributed by atoms with Gasteiger partial charge in [-0.05, 0) is 68.0 Å². The van der Waals surface area contributed by atoms with Crippen molar-refractivity contribution < 1.29 is 9.47 Å². The van der Waals surface area contributed by atoms with Crippen molar-refractivity contribution in [3.63, 3.8) is 0 Å². The molecule has 1 aromatic heterocycles. The molecule has 3 rings (SSSR count). The average molecular weight is 424 g/mol. The van der Waals surface area contributed by atoms with Crippen molar-refractivity contribution in [1.29, 1.82) is 0 Å². The lowest BCUT2D eigenvalue weighted by atomic mass is 9.94. The van der Waals surface area contributed by atoms with E-state index in [0.29, 0.717) is 6.61 Å². The molecule has 0 spiro atoms. The summed E-state index contributed by atoms with van der Waals surface area (Å²) < 4.78 is 11.8. The van der Waals surface area contributed by atoms with Crippen LogP contribution < -0.4 is 9.47 Å². The molecule has 2 aromatic carbocycles. The van der Waals surface area contributed by atoms with Crippen LogP contribution in [-0.2, 0) is 19.4 Å². The maximum atomic E-state index is 6.28. The van der Waals surface area contributed by atoms with E-state index >= 15 is 0 Å². The number of ether oxygens (including phenoxy) is 2. The topological polar surface area (TPSA) is 31.4 Å². The Balaban J connectivity index is 1.98. The van der Waals surface area contributed by atoms with Crippen molar-refractivity contribution in [2.24, 2.45) is 0 Å². The number of aryl methyl sites for hydroxylation is 5. The van der Waals surface area contributed by atoms with Gasteiger partial charge in [0, 0.05) is 22.3 Å². The molecule has 3 aromatic rings. The second kappa shape index (κ2) is 9.53. The molecule has 0 bridgehead atoms. The van der Waals surface area contributed by atoms with Gasteiger partial charge >= 0.3 is 0 Å². The molecular formula is C26H30ClNO2. The van der Waals surface area contributed by atoms with Crippen LogP contribution in [0.5, 0.6) is 11.5 Å². The molecule has 0 saturated heterocycles. The van der Waals surface area contributed by atoms with E-state index in [1.165, 1.54) is 16.7 Å². The normalized spacial score (nSPS) is 10.9. The summed E-state index contributed by atoms with van der Waals surface area (Å²) in [6.45, 7) is 10.7. The van der Waals surface area contributed by atoms with Crippen molar-refractivity contribution in [2.75, 3.05) is 7.11 Å². The minimum absolute atomic E-state index is 0.388. The van der Waals surface area contributed by atoms with Gasteiger partial charge in [0.1, 0.15) is 18.1 Å². The summed E-state index contributed by atoms with van der Waals surface area (Å²) in [7, 11) is 1.70. The molecule has 0 radical (unpaired) electrons. The van der Waals surface area contributed by atoms with Crippen LogP contribution in [-0.4, -0.2) is 12.1 Å². The number of nitrogens with zero attached hydrogens (tertiary/aromatic N) is 1. The number of rotatable bonds is 7. The van der Waals surface area contributed by atoms with Gasteiger partial charge in [0.2, 0.25) is 0 Å². The van der Waals surface area contributed by atoms with Crippen LogP contribution in [0.4, 0.5) is 0 Å². The predicted octanol–water partition coefficient (Wildman–Crippen LogP) is 7.04. The van der Waals surface area contributed by atoms with E-state index in [-0.39, 0.29) is 0 Å². The Labute approximate surface area is 185 Å². The Morgan fingerprint density at radius 2 is 1.53 bits per heavy atom. The van der Waals surface area contributed by atoms with Gasteiger partial charge in [-0.15, -0.1) is 0 Å². The molecule has 1 heterocycles. The second-order valence-corrected chi connectivity index (χ2v) is 7.97. The van der Waals surface area contributed by atoms with Crippen molar-refractivity contribution in [3.8, 4) is 22.8 Å². The van der Waals surface area contributed by atoms with Gasteiger partial charge in [0.05, 0.1) is 18.4 Å². The molecule has 4 heteroatoms. The van der Waals surface area contributed by atoms with E-state index in [0.717, 1.165) is 57.4 Å². The standard InChI is InChI=1S/C26H30ClNO2/c1-7-19-10-9-11-20(8-2)25(19)23-14-24(29-6)22(18(5)28-23)15-30-21-12-16(3)26(27)17(4)13-21/h9-14H,7-8,15H2,1-6H3. The highest BCUT2D eigenvalue weighted by Crippen LogP contribution is 2.34. The van der Waals surface area contributed by atoms with E-state index in [1.54, 1.807) is 7.11 Å². The number of aromatic nitrogens is 1. The molecule has 0 aliphatic rings. The number of hydrogen-bond acceptors (Lipinski definition) is 3. The third-order valence-electron chi connectivity index (χ3n) is 5.56. The maximum Gasteiger partial charge on any atom is 0.129 e. The van der Waals surface area contributed by atoms with Gasteiger partial charge in [0.25, 0.3) is 0 Å². The molecule has 0 amide bonds. The molecule has 0 aliphatic carbocycles. The van der Waals surface area contributed by atoms with Gasteiger partial charge in [-0.2, -0.15) is 0 Å². The zero-order chi connectivity index (χ0) is 21.8. The lowest BCUT2D eigenvalue weighted by Gasteiger charge is -2.18. The summed E-state index contributed by atoms with van der Waals surface area (Å²) in [4.78, 5) is 4.95. The highest BCUT2D eigenvalue weighted by atomic mass is 35.5. The largest absolute Gasteiger partial charge is 0.496 e. The average Bonchev–Trinajstić information content (AvgIpc) is 2.75. The fourth-order valence-corrected chi connectivity index (χ4v) is 3.98.